The lowest BCUT2D eigenvalue weighted by Crippen LogP contribution is -2.33. The van der Waals surface area contributed by atoms with E-state index in [1.807, 2.05) is 18.2 Å². The fourth-order valence-corrected chi connectivity index (χ4v) is 3.01. The molecule has 1 aromatic rings. The highest BCUT2D eigenvalue weighted by Gasteiger charge is 2.24. The van der Waals surface area contributed by atoms with Gasteiger partial charge in [0.2, 0.25) is 5.91 Å². The summed E-state index contributed by atoms with van der Waals surface area (Å²) in [5.41, 5.74) is 3.01. The molecule has 2 heterocycles. The van der Waals surface area contributed by atoms with Crippen LogP contribution in [-0.2, 0) is 11.2 Å². The average Bonchev–Trinajstić information content (AvgIpc) is 2.47. The fourth-order valence-electron chi connectivity index (χ4n) is 3.01. The molecule has 19 heavy (non-hydrogen) atoms. The van der Waals surface area contributed by atoms with Crippen molar-refractivity contribution in [2.45, 2.75) is 31.8 Å². The number of anilines is 1. The first-order chi connectivity index (χ1) is 9.24. The maximum absolute atomic E-state index is 11.3. The summed E-state index contributed by atoms with van der Waals surface area (Å²) in [6, 6.07) is 5.90. The number of nitrogens with one attached hydrogen (secondary N) is 2. The van der Waals surface area contributed by atoms with E-state index in [-0.39, 0.29) is 5.91 Å². The zero-order valence-corrected chi connectivity index (χ0v) is 11.0. The first-order valence-corrected chi connectivity index (χ1v) is 7.05. The summed E-state index contributed by atoms with van der Waals surface area (Å²) < 4.78 is 0. The van der Waals surface area contributed by atoms with Crippen LogP contribution in [-0.4, -0.2) is 24.1 Å². The number of benzene rings is 1. The van der Waals surface area contributed by atoms with Gasteiger partial charge in [0.1, 0.15) is 0 Å². The van der Waals surface area contributed by atoms with Crippen molar-refractivity contribution >= 4 is 11.6 Å². The normalized spacial score (nSPS) is 24.5. The number of carbonyl (C=O) groups is 1. The first-order valence-electron chi connectivity index (χ1n) is 7.05. The third-order valence-electron chi connectivity index (χ3n) is 4.15. The van der Waals surface area contributed by atoms with Crippen LogP contribution in [0.2, 0.25) is 0 Å². The first kappa shape index (κ1) is 12.6. The molecule has 2 unspecified atom stereocenters. The van der Waals surface area contributed by atoms with Crippen molar-refractivity contribution in [1.29, 1.82) is 0 Å². The number of piperidine rings is 1. The van der Waals surface area contributed by atoms with Crippen molar-refractivity contribution in [2.75, 3.05) is 18.4 Å². The van der Waals surface area contributed by atoms with Gasteiger partial charge in [0.25, 0.3) is 0 Å². The highest BCUT2D eigenvalue weighted by molar-refractivity contribution is 5.93. The molecule has 0 aliphatic carbocycles. The number of aryl methyl sites for hydroxylation is 1. The molecule has 4 heteroatoms. The lowest BCUT2D eigenvalue weighted by Gasteiger charge is -2.28. The summed E-state index contributed by atoms with van der Waals surface area (Å²) in [4.78, 5) is 11.3. The Labute approximate surface area is 113 Å². The van der Waals surface area contributed by atoms with Crippen LogP contribution in [0.3, 0.4) is 0 Å². The molecule has 0 aromatic heterocycles. The molecule has 3 N–H and O–H groups in total. The second-order valence-corrected chi connectivity index (χ2v) is 5.52. The number of carbonyl (C=O) groups excluding carboxylic acids is 1. The van der Waals surface area contributed by atoms with E-state index in [0.29, 0.717) is 12.3 Å². The molecule has 0 radical (unpaired) electrons. The molecule has 2 aliphatic heterocycles. The van der Waals surface area contributed by atoms with Crippen LogP contribution in [0.1, 0.15) is 36.5 Å². The standard InChI is InChI=1S/C15H20N2O2/c18-14-6-4-10-8-11(3-5-13(10)17-14)15(19)12-2-1-7-16-9-12/h3,5,8,12,15-16,19H,1-2,4,6-7,9H2,(H,17,18). The summed E-state index contributed by atoms with van der Waals surface area (Å²) in [6.45, 7) is 1.94. The van der Waals surface area contributed by atoms with Crippen LogP contribution in [0.4, 0.5) is 5.69 Å². The topological polar surface area (TPSA) is 61.4 Å². The summed E-state index contributed by atoms with van der Waals surface area (Å²) >= 11 is 0. The second-order valence-electron chi connectivity index (χ2n) is 5.52. The number of rotatable bonds is 2. The van der Waals surface area contributed by atoms with Gasteiger partial charge in [-0.1, -0.05) is 12.1 Å². The smallest absolute Gasteiger partial charge is 0.224 e. The monoisotopic (exact) mass is 260 g/mol. The van der Waals surface area contributed by atoms with Crippen LogP contribution in [0, 0.1) is 5.92 Å². The molecule has 2 atom stereocenters. The summed E-state index contributed by atoms with van der Waals surface area (Å²) in [7, 11) is 0. The van der Waals surface area contributed by atoms with Crippen molar-refractivity contribution < 1.29 is 9.90 Å². The molecular formula is C15H20N2O2. The third kappa shape index (κ3) is 2.65. The number of hydrogen-bond donors (Lipinski definition) is 3. The van der Waals surface area contributed by atoms with Crippen LogP contribution in [0.5, 0.6) is 0 Å². The van der Waals surface area contributed by atoms with Gasteiger partial charge in [0.15, 0.2) is 0 Å². The zero-order chi connectivity index (χ0) is 13.2. The van der Waals surface area contributed by atoms with Gasteiger partial charge in [-0.2, -0.15) is 0 Å². The minimum Gasteiger partial charge on any atom is -0.388 e. The second kappa shape index (κ2) is 5.31. The average molecular weight is 260 g/mol. The van der Waals surface area contributed by atoms with Gasteiger partial charge in [-0.05, 0) is 43.0 Å². The molecule has 1 fully saturated rings. The molecule has 3 rings (SSSR count). The predicted molar refractivity (Wildman–Crippen MR) is 73.9 cm³/mol. The lowest BCUT2D eigenvalue weighted by atomic mass is 9.88. The van der Waals surface area contributed by atoms with Gasteiger partial charge in [0, 0.05) is 24.6 Å². The summed E-state index contributed by atoms with van der Waals surface area (Å²) in [5.74, 6) is 0.377. The minimum absolute atomic E-state index is 0.0808. The molecule has 0 spiro atoms. The summed E-state index contributed by atoms with van der Waals surface area (Å²) in [5, 5.41) is 16.7. The Balaban J connectivity index is 1.79. The Hall–Kier alpha value is -1.39. The predicted octanol–water partition coefficient (Wildman–Crippen LogP) is 1.60. The molecule has 2 aliphatic rings. The van der Waals surface area contributed by atoms with E-state index >= 15 is 0 Å². The number of aliphatic hydroxyl groups excluding tert-OH is 1. The molecular weight excluding hydrogens is 240 g/mol. The maximum Gasteiger partial charge on any atom is 0.224 e. The van der Waals surface area contributed by atoms with E-state index < -0.39 is 6.10 Å². The van der Waals surface area contributed by atoms with Gasteiger partial charge in [-0.3, -0.25) is 4.79 Å². The van der Waals surface area contributed by atoms with Gasteiger partial charge in [0.05, 0.1) is 6.10 Å². The van der Waals surface area contributed by atoms with Gasteiger partial charge in [-0.25, -0.2) is 0 Å². The van der Waals surface area contributed by atoms with Crippen LogP contribution >= 0.6 is 0 Å². The van der Waals surface area contributed by atoms with E-state index in [2.05, 4.69) is 10.6 Å². The van der Waals surface area contributed by atoms with E-state index in [9.17, 15) is 9.90 Å². The molecule has 102 valence electrons. The minimum atomic E-state index is -0.407. The number of amides is 1. The van der Waals surface area contributed by atoms with Gasteiger partial charge >= 0.3 is 0 Å². The highest BCUT2D eigenvalue weighted by Crippen LogP contribution is 2.31. The van der Waals surface area contributed by atoms with Crippen molar-refractivity contribution in [3.63, 3.8) is 0 Å². The van der Waals surface area contributed by atoms with Crippen molar-refractivity contribution in [3.8, 4) is 0 Å². The lowest BCUT2D eigenvalue weighted by molar-refractivity contribution is -0.116. The quantitative estimate of drug-likeness (QED) is 0.757. The largest absolute Gasteiger partial charge is 0.388 e. The molecule has 4 nitrogen and oxygen atoms in total. The fraction of sp³-hybridized carbons (Fsp3) is 0.533. The van der Waals surface area contributed by atoms with E-state index in [1.165, 1.54) is 0 Å². The summed E-state index contributed by atoms with van der Waals surface area (Å²) in [6.07, 6.45) is 3.10. The van der Waals surface area contributed by atoms with Gasteiger partial charge in [-0.15, -0.1) is 0 Å². The third-order valence-corrected chi connectivity index (χ3v) is 4.15. The van der Waals surface area contributed by atoms with Crippen molar-refractivity contribution in [1.82, 2.24) is 5.32 Å². The molecule has 1 aromatic carbocycles. The Bertz CT molecular complexity index is 481. The zero-order valence-electron chi connectivity index (χ0n) is 11.0. The SMILES string of the molecule is O=C1CCc2cc(C(O)C3CCCNC3)ccc2N1. The van der Waals surface area contributed by atoms with Crippen molar-refractivity contribution in [2.24, 2.45) is 5.92 Å². The van der Waals surface area contributed by atoms with Crippen molar-refractivity contribution in [3.05, 3.63) is 29.3 Å². The molecule has 0 bridgehead atoms. The van der Waals surface area contributed by atoms with Crippen LogP contribution < -0.4 is 10.6 Å². The van der Waals surface area contributed by atoms with Crippen LogP contribution in [0.15, 0.2) is 18.2 Å². The number of aliphatic hydroxyl groups is 1. The molecule has 1 amide bonds. The molecule has 1 saturated heterocycles. The van der Waals surface area contributed by atoms with Crippen LogP contribution in [0.25, 0.3) is 0 Å². The maximum atomic E-state index is 11.3. The Morgan fingerprint density at radius 1 is 1.32 bits per heavy atom. The highest BCUT2D eigenvalue weighted by atomic mass is 16.3. The van der Waals surface area contributed by atoms with Gasteiger partial charge < -0.3 is 15.7 Å². The van der Waals surface area contributed by atoms with E-state index in [1.54, 1.807) is 0 Å². The number of hydrogen-bond acceptors (Lipinski definition) is 3. The Kier molecular flexibility index (Phi) is 3.53. The van der Waals surface area contributed by atoms with E-state index in [0.717, 1.165) is 49.2 Å². The number of fused-ring (bicyclic) bond motifs is 1. The Morgan fingerprint density at radius 2 is 2.21 bits per heavy atom. The molecule has 0 saturated carbocycles. The Morgan fingerprint density at radius 3 is 3.00 bits per heavy atom. The van der Waals surface area contributed by atoms with E-state index in [4.69, 9.17) is 0 Å².